The Morgan fingerprint density at radius 2 is 1.90 bits per heavy atom. The Bertz CT molecular complexity index is 682. The minimum Gasteiger partial charge on any atom is -0.365 e. The van der Waals surface area contributed by atoms with Crippen molar-refractivity contribution in [2.45, 2.75) is 13.0 Å². The van der Waals surface area contributed by atoms with E-state index in [1.807, 2.05) is 18.2 Å². The van der Waals surface area contributed by atoms with Gasteiger partial charge in [0.05, 0.1) is 5.56 Å². The Balaban J connectivity index is 2.24. The number of rotatable bonds is 2. The van der Waals surface area contributed by atoms with E-state index in [0.29, 0.717) is 5.56 Å². The Hall–Kier alpha value is -2.20. The molecule has 0 aromatic heterocycles. The first-order valence-corrected chi connectivity index (χ1v) is 6.58. The Morgan fingerprint density at radius 3 is 2.70 bits per heavy atom. The smallest absolute Gasteiger partial charge is 0.252 e. The van der Waals surface area contributed by atoms with Gasteiger partial charge in [-0.15, -0.1) is 0 Å². The van der Waals surface area contributed by atoms with Gasteiger partial charge in [-0.25, -0.2) is 4.39 Å². The zero-order valence-electron chi connectivity index (χ0n) is 10.9. The molecule has 0 fully saturated rings. The van der Waals surface area contributed by atoms with Crippen LogP contribution in [0, 0.1) is 5.82 Å². The lowest BCUT2D eigenvalue weighted by molar-refractivity contribution is 0.0997. The summed E-state index contributed by atoms with van der Waals surface area (Å²) in [6, 6.07) is 10.5. The van der Waals surface area contributed by atoms with E-state index in [1.165, 1.54) is 17.2 Å². The largest absolute Gasteiger partial charge is 0.365 e. The van der Waals surface area contributed by atoms with Crippen molar-refractivity contribution < 1.29 is 9.18 Å². The first-order valence-electron chi connectivity index (χ1n) is 6.58. The van der Waals surface area contributed by atoms with Crippen LogP contribution >= 0.6 is 0 Å². The van der Waals surface area contributed by atoms with Crippen LogP contribution in [0.5, 0.6) is 0 Å². The topological polar surface area (TPSA) is 55.1 Å². The number of carbonyl (C=O) groups is 1. The number of primary amides is 1. The maximum absolute atomic E-state index is 13.9. The van der Waals surface area contributed by atoms with Gasteiger partial charge in [0.25, 0.3) is 5.91 Å². The molecule has 0 saturated heterocycles. The summed E-state index contributed by atoms with van der Waals surface area (Å²) in [5.41, 5.74) is 9.14. The Kier molecular flexibility index (Phi) is 3.24. The molecule has 1 aliphatic rings. The predicted octanol–water partition coefficient (Wildman–Crippen LogP) is 2.24. The number of halogens is 1. The van der Waals surface area contributed by atoms with Gasteiger partial charge >= 0.3 is 0 Å². The average Bonchev–Trinajstić information content (AvgIpc) is 2.46. The fourth-order valence-electron chi connectivity index (χ4n) is 2.78. The lowest BCUT2D eigenvalue weighted by atomic mass is 9.89. The molecule has 3 nitrogen and oxygen atoms in total. The molecule has 0 atom stereocenters. The van der Waals surface area contributed by atoms with Crippen molar-refractivity contribution in [2.75, 3.05) is 6.54 Å². The van der Waals surface area contributed by atoms with Gasteiger partial charge in [0, 0.05) is 6.54 Å². The number of hydrogen-bond donors (Lipinski definition) is 2. The van der Waals surface area contributed by atoms with E-state index in [0.717, 1.165) is 25.1 Å². The van der Waals surface area contributed by atoms with Crippen molar-refractivity contribution in [1.29, 1.82) is 0 Å². The minimum atomic E-state index is -0.732. The predicted molar refractivity (Wildman–Crippen MR) is 75.8 cm³/mol. The van der Waals surface area contributed by atoms with Crippen molar-refractivity contribution in [2.24, 2.45) is 5.73 Å². The van der Waals surface area contributed by atoms with Gasteiger partial charge in [0.15, 0.2) is 0 Å². The van der Waals surface area contributed by atoms with Crippen LogP contribution in [0.1, 0.15) is 21.5 Å². The minimum absolute atomic E-state index is 0.0283. The van der Waals surface area contributed by atoms with Crippen LogP contribution in [-0.4, -0.2) is 12.5 Å². The third-order valence-electron chi connectivity index (χ3n) is 3.69. The van der Waals surface area contributed by atoms with Crippen molar-refractivity contribution in [1.82, 2.24) is 5.32 Å². The molecular formula is C16H15FN2O. The SMILES string of the molecule is NC(=O)c1c(F)cccc1-c1cccc2c1CCNC2. The van der Waals surface area contributed by atoms with Gasteiger partial charge in [0.1, 0.15) is 5.82 Å². The lowest BCUT2D eigenvalue weighted by Crippen LogP contribution is -2.24. The zero-order valence-corrected chi connectivity index (χ0v) is 10.9. The third kappa shape index (κ3) is 2.08. The average molecular weight is 270 g/mol. The molecule has 1 aliphatic heterocycles. The van der Waals surface area contributed by atoms with Gasteiger partial charge in [-0.2, -0.15) is 0 Å². The van der Waals surface area contributed by atoms with Crippen molar-refractivity contribution in [3.63, 3.8) is 0 Å². The summed E-state index contributed by atoms with van der Waals surface area (Å²) in [5, 5.41) is 3.30. The summed E-state index contributed by atoms with van der Waals surface area (Å²) in [6.07, 6.45) is 0.861. The highest BCUT2D eigenvalue weighted by Gasteiger charge is 2.19. The number of nitrogens with two attached hydrogens (primary N) is 1. The van der Waals surface area contributed by atoms with Gasteiger partial charge in [-0.05, 0) is 41.3 Å². The molecule has 0 saturated carbocycles. The van der Waals surface area contributed by atoms with E-state index in [9.17, 15) is 9.18 Å². The fraction of sp³-hybridized carbons (Fsp3) is 0.188. The molecule has 0 unspecified atom stereocenters. The maximum atomic E-state index is 13.9. The summed E-state index contributed by atoms with van der Waals surface area (Å²) in [4.78, 5) is 11.6. The van der Waals surface area contributed by atoms with E-state index in [1.54, 1.807) is 12.1 Å². The fourth-order valence-corrected chi connectivity index (χ4v) is 2.78. The second kappa shape index (κ2) is 5.06. The van der Waals surface area contributed by atoms with Gasteiger partial charge in [-0.1, -0.05) is 30.3 Å². The van der Waals surface area contributed by atoms with Crippen LogP contribution in [0.25, 0.3) is 11.1 Å². The summed E-state index contributed by atoms with van der Waals surface area (Å²) in [5.74, 6) is -1.30. The van der Waals surface area contributed by atoms with Crippen molar-refractivity contribution in [3.05, 3.63) is 58.9 Å². The van der Waals surface area contributed by atoms with Crippen LogP contribution in [-0.2, 0) is 13.0 Å². The molecule has 0 spiro atoms. The molecule has 2 aromatic rings. The molecule has 1 heterocycles. The molecule has 3 N–H and O–H groups in total. The summed E-state index contributed by atoms with van der Waals surface area (Å²) in [6.45, 7) is 1.68. The first kappa shape index (κ1) is 12.8. The standard InChI is InChI=1S/C16H15FN2O/c17-14-6-2-5-13(15(14)16(18)20)12-4-1-3-10-9-19-8-7-11(10)12/h1-6,19H,7-9H2,(H2,18,20). The highest BCUT2D eigenvalue weighted by atomic mass is 19.1. The molecular weight excluding hydrogens is 255 g/mol. The van der Waals surface area contributed by atoms with Crippen LogP contribution in [0.3, 0.4) is 0 Å². The molecule has 1 amide bonds. The van der Waals surface area contributed by atoms with Gasteiger partial charge < -0.3 is 11.1 Å². The maximum Gasteiger partial charge on any atom is 0.252 e. The quantitative estimate of drug-likeness (QED) is 0.879. The number of carbonyl (C=O) groups excluding carboxylic acids is 1. The lowest BCUT2D eigenvalue weighted by Gasteiger charge is -2.21. The zero-order chi connectivity index (χ0) is 14.1. The molecule has 0 aliphatic carbocycles. The van der Waals surface area contributed by atoms with Crippen LogP contribution in [0.2, 0.25) is 0 Å². The van der Waals surface area contributed by atoms with Crippen LogP contribution in [0.15, 0.2) is 36.4 Å². The Labute approximate surface area is 116 Å². The van der Waals surface area contributed by atoms with E-state index in [-0.39, 0.29) is 5.56 Å². The number of hydrogen-bond acceptors (Lipinski definition) is 2. The number of amides is 1. The first-order chi connectivity index (χ1) is 9.68. The molecule has 0 bridgehead atoms. The second-order valence-electron chi connectivity index (χ2n) is 4.90. The van der Waals surface area contributed by atoms with E-state index >= 15 is 0 Å². The number of fused-ring (bicyclic) bond motifs is 1. The molecule has 0 radical (unpaired) electrons. The number of nitrogens with one attached hydrogen (secondary N) is 1. The third-order valence-corrected chi connectivity index (χ3v) is 3.69. The molecule has 102 valence electrons. The van der Waals surface area contributed by atoms with Crippen molar-refractivity contribution >= 4 is 5.91 Å². The van der Waals surface area contributed by atoms with E-state index in [4.69, 9.17) is 5.73 Å². The summed E-state index contributed by atoms with van der Waals surface area (Å²) >= 11 is 0. The monoisotopic (exact) mass is 270 g/mol. The second-order valence-corrected chi connectivity index (χ2v) is 4.90. The molecule has 2 aromatic carbocycles. The van der Waals surface area contributed by atoms with Gasteiger partial charge in [0.2, 0.25) is 0 Å². The summed E-state index contributed by atoms with van der Waals surface area (Å²) < 4.78 is 13.9. The Morgan fingerprint density at radius 1 is 1.15 bits per heavy atom. The van der Waals surface area contributed by atoms with E-state index in [2.05, 4.69) is 5.32 Å². The van der Waals surface area contributed by atoms with E-state index < -0.39 is 11.7 Å². The van der Waals surface area contributed by atoms with Crippen LogP contribution < -0.4 is 11.1 Å². The normalized spacial score (nSPS) is 13.8. The van der Waals surface area contributed by atoms with Crippen LogP contribution in [0.4, 0.5) is 4.39 Å². The molecule has 4 heteroatoms. The molecule has 20 heavy (non-hydrogen) atoms. The molecule has 3 rings (SSSR count). The summed E-state index contributed by atoms with van der Waals surface area (Å²) in [7, 11) is 0. The van der Waals surface area contributed by atoms with Gasteiger partial charge in [-0.3, -0.25) is 4.79 Å². The highest BCUT2D eigenvalue weighted by Crippen LogP contribution is 2.31. The highest BCUT2D eigenvalue weighted by molar-refractivity contribution is 6.00. The number of benzene rings is 2. The van der Waals surface area contributed by atoms with Crippen molar-refractivity contribution in [3.8, 4) is 11.1 Å².